The van der Waals surface area contributed by atoms with Crippen molar-refractivity contribution in [2.75, 3.05) is 0 Å². The normalized spacial score (nSPS) is 12.1. The molecule has 0 fully saturated rings. The van der Waals surface area contributed by atoms with Crippen molar-refractivity contribution >= 4 is 0 Å². The van der Waals surface area contributed by atoms with Gasteiger partial charge in [0.1, 0.15) is 11.8 Å². The van der Waals surface area contributed by atoms with Crippen LogP contribution in [0.15, 0.2) is 18.3 Å². The molecule has 0 saturated carbocycles. The van der Waals surface area contributed by atoms with Gasteiger partial charge in [0, 0.05) is 12.2 Å². The summed E-state index contributed by atoms with van der Waals surface area (Å²) in [6.07, 6.45) is 1.63. The first kappa shape index (κ1) is 7.70. The number of nitrogens with two attached hydrogens (primary N) is 1. The van der Waals surface area contributed by atoms with Crippen LogP contribution in [0.25, 0.3) is 0 Å². The summed E-state index contributed by atoms with van der Waals surface area (Å²) in [5.74, 6) is 0. The Morgan fingerprint density at radius 3 is 2.73 bits per heavy atom. The topological polar surface area (TPSA) is 62.7 Å². The quantitative estimate of drug-likeness (QED) is 0.643. The summed E-state index contributed by atoms with van der Waals surface area (Å²) in [6.45, 7) is 1.88. The molecule has 0 amide bonds. The smallest absolute Gasteiger partial charge is 0.140 e. The van der Waals surface area contributed by atoms with E-state index in [2.05, 4.69) is 4.98 Å². The molecule has 0 spiro atoms. The van der Waals surface area contributed by atoms with Gasteiger partial charge in [-0.05, 0) is 18.6 Å². The van der Waals surface area contributed by atoms with Gasteiger partial charge in [-0.15, -0.1) is 0 Å². The molecule has 1 aromatic rings. The predicted molar refractivity (Wildman–Crippen MR) is 41.6 cm³/mol. The lowest BCUT2D eigenvalue weighted by molar-refractivity contribution is 0.811. The summed E-state index contributed by atoms with van der Waals surface area (Å²) in [5.41, 5.74) is 6.96. The highest BCUT2D eigenvalue weighted by molar-refractivity contribution is 5.24. The van der Waals surface area contributed by atoms with E-state index in [0.717, 1.165) is 5.56 Å². The van der Waals surface area contributed by atoms with E-state index in [-0.39, 0.29) is 6.04 Å². The van der Waals surface area contributed by atoms with Crippen LogP contribution in [0.4, 0.5) is 0 Å². The Hall–Kier alpha value is -1.40. The van der Waals surface area contributed by atoms with Gasteiger partial charge >= 0.3 is 0 Å². The molecule has 0 aliphatic rings. The second-order valence-electron chi connectivity index (χ2n) is 2.38. The molecule has 1 atom stereocenters. The molecule has 3 heteroatoms. The Balaban J connectivity index is 2.94. The van der Waals surface area contributed by atoms with E-state index in [0.29, 0.717) is 5.69 Å². The predicted octanol–water partition coefficient (Wildman–Crippen LogP) is 0.973. The van der Waals surface area contributed by atoms with Crippen LogP contribution in [0.5, 0.6) is 0 Å². The van der Waals surface area contributed by atoms with Crippen molar-refractivity contribution in [1.82, 2.24) is 4.98 Å². The lowest BCUT2D eigenvalue weighted by Gasteiger charge is -2.02. The number of aromatic nitrogens is 1. The zero-order valence-electron chi connectivity index (χ0n) is 6.28. The zero-order chi connectivity index (χ0) is 8.27. The monoisotopic (exact) mass is 147 g/mol. The average molecular weight is 147 g/mol. The molecule has 3 nitrogen and oxygen atoms in total. The van der Waals surface area contributed by atoms with Gasteiger partial charge in [-0.2, -0.15) is 5.26 Å². The highest BCUT2D eigenvalue weighted by Gasteiger charge is 1.98. The van der Waals surface area contributed by atoms with Crippen LogP contribution < -0.4 is 5.73 Å². The lowest BCUT2D eigenvalue weighted by Crippen LogP contribution is -2.05. The van der Waals surface area contributed by atoms with Gasteiger partial charge in [-0.25, -0.2) is 4.98 Å². The van der Waals surface area contributed by atoms with Gasteiger partial charge in [0.05, 0.1) is 0 Å². The van der Waals surface area contributed by atoms with E-state index in [1.807, 2.05) is 19.1 Å². The molecule has 2 N–H and O–H groups in total. The molecule has 0 bridgehead atoms. The van der Waals surface area contributed by atoms with Crippen molar-refractivity contribution in [2.45, 2.75) is 13.0 Å². The number of nitriles is 1. The minimum absolute atomic E-state index is 0.0183. The van der Waals surface area contributed by atoms with Crippen LogP contribution in [-0.4, -0.2) is 4.98 Å². The minimum Gasteiger partial charge on any atom is -0.324 e. The molecule has 0 unspecified atom stereocenters. The fourth-order valence-electron chi connectivity index (χ4n) is 0.741. The molecule has 0 radical (unpaired) electrons. The first-order valence-electron chi connectivity index (χ1n) is 3.35. The summed E-state index contributed by atoms with van der Waals surface area (Å²) in [4.78, 5) is 3.88. The highest BCUT2D eigenvalue weighted by atomic mass is 14.7. The Kier molecular flexibility index (Phi) is 2.19. The Labute approximate surface area is 65.5 Å². The van der Waals surface area contributed by atoms with Gasteiger partial charge in [0.15, 0.2) is 0 Å². The number of nitrogens with zero attached hydrogens (tertiary/aromatic N) is 2. The number of pyridine rings is 1. The highest BCUT2D eigenvalue weighted by Crippen LogP contribution is 2.06. The van der Waals surface area contributed by atoms with Gasteiger partial charge in [-0.1, -0.05) is 6.07 Å². The Morgan fingerprint density at radius 2 is 2.36 bits per heavy atom. The summed E-state index contributed by atoms with van der Waals surface area (Å²) < 4.78 is 0. The van der Waals surface area contributed by atoms with Crippen molar-refractivity contribution < 1.29 is 0 Å². The molecule has 0 aliphatic carbocycles. The maximum atomic E-state index is 8.42. The van der Waals surface area contributed by atoms with Gasteiger partial charge in [0.2, 0.25) is 0 Å². The Bertz CT molecular complexity index is 268. The van der Waals surface area contributed by atoms with Crippen molar-refractivity contribution in [3.05, 3.63) is 29.6 Å². The second kappa shape index (κ2) is 3.13. The number of hydrogen-bond donors (Lipinski definition) is 1. The van der Waals surface area contributed by atoms with Crippen LogP contribution in [0.3, 0.4) is 0 Å². The largest absolute Gasteiger partial charge is 0.324 e. The van der Waals surface area contributed by atoms with Crippen molar-refractivity contribution in [3.63, 3.8) is 0 Å². The molecule has 0 aliphatic heterocycles. The molecule has 1 aromatic heterocycles. The summed E-state index contributed by atoms with van der Waals surface area (Å²) in [7, 11) is 0. The third-order valence-corrected chi connectivity index (χ3v) is 1.43. The van der Waals surface area contributed by atoms with E-state index in [4.69, 9.17) is 11.0 Å². The lowest BCUT2D eigenvalue weighted by atomic mass is 10.1. The summed E-state index contributed by atoms with van der Waals surface area (Å²) >= 11 is 0. The van der Waals surface area contributed by atoms with Crippen LogP contribution >= 0.6 is 0 Å². The number of hydrogen-bond acceptors (Lipinski definition) is 3. The first-order valence-corrected chi connectivity index (χ1v) is 3.35. The van der Waals surface area contributed by atoms with Crippen molar-refractivity contribution in [3.8, 4) is 6.07 Å². The van der Waals surface area contributed by atoms with Crippen LogP contribution in [-0.2, 0) is 0 Å². The van der Waals surface area contributed by atoms with Gasteiger partial charge in [-0.3, -0.25) is 0 Å². The molecule has 0 aromatic carbocycles. The van der Waals surface area contributed by atoms with Crippen molar-refractivity contribution in [2.24, 2.45) is 5.73 Å². The van der Waals surface area contributed by atoms with E-state index in [1.165, 1.54) is 0 Å². The fraction of sp³-hybridized carbons (Fsp3) is 0.250. The molecular formula is C8H9N3. The van der Waals surface area contributed by atoms with Crippen LogP contribution in [0, 0.1) is 11.3 Å². The van der Waals surface area contributed by atoms with E-state index >= 15 is 0 Å². The maximum Gasteiger partial charge on any atom is 0.140 e. The summed E-state index contributed by atoms with van der Waals surface area (Å²) in [5, 5.41) is 8.42. The van der Waals surface area contributed by atoms with Crippen molar-refractivity contribution in [1.29, 1.82) is 5.26 Å². The van der Waals surface area contributed by atoms with E-state index in [9.17, 15) is 0 Å². The van der Waals surface area contributed by atoms with Crippen LogP contribution in [0.2, 0.25) is 0 Å². The SMILES string of the molecule is C[C@H](N)c1ccc(C#N)nc1. The first-order chi connectivity index (χ1) is 5.24. The Morgan fingerprint density at radius 1 is 1.64 bits per heavy atom. The molecular weight excluding hydrogens is 138 g/mol. The summed E-state index contributed by atoms with van der Waals surface area (Å²) in [6, 6.07) is 5.40. The van der Waals surface area contributed by atoms with Crippen LogP contribution in [0.1, 0.15) is 24.2 Å². The second-order valence-corrected chi connectivity index (χ2v) is 2.38. The van der Waals surface area contributed by atoms with E-state index < -0.39 is 0 Å². The third kappa shape index (κ3) is 1.76. The standard InChI is InChI=1S/C8H9N3/c1-6(10)7-2-3-8(4-9)11-5-7/h2-3,5-6H,10H2,1H3/t6-/m0/s1. The van der Waals surface area contributed by atoms with Gasteiger partial charge < -0.3 is 5.73 Å². The number of rotatable bonds is 1. The third-order valence-electron chi connectivity index (χ3n) is 1.43. The maximum absolute atomic E-state index is 8.42. The molecule has 56 valence electrons. The van der Waals surface area contributed by atoms with Gasteiger partial charge in [0.25, 0.3) is 0 Å². The average Bonchev–Trinajstić information content (AvgIpc) is 2.05. The molecule has 11 heavy (non-hydrogen) atoms. The van der Waals surface area contributed by atoms with E-state index in [1.54, 1.807) is 12.3 Å². The zero-order valence-corrected chi connectivity index (χ0v) is 6.28. The fourth-order valence-corrected chi connectivity index (χ4v) is 0.741. The molecule has 1 rings (SSSR count). The molecule has 0 saturated heterocycles. The molecule has 1 heterocycles. The minimum atomic E-state index is -0.0183.